The first-order chi connectivity index (χ1) is 10.5. The lowest BCUT2D eigenvalue weighted by atomic mass is 10.1. The molecular formula is C17H22N4O. The molecule has 2 N–H and O–H groups in total. The van der Waals surface area contributed by atoms with Gasteiger partial charge in [-0.15, -0.1) is 0 Å². The maximum atomic E-state index is 11.4. The van der Waals surface area contributed by atoms with Crippen LogP contribution in [0.2, 0.25) is 0 Å². The predicted molar refractivity (Wildman–Crippen MR) is 89.9 cm³/mol. The molecule has 0 saturated carbocycles. The third kappa shape index (κ3) is 4.28. The van der Waals surface area contributed by atoms with Crippen molar-refractivity contribution >= 4 is 23.2 Å². The second-order valence-electron chi connectivity index (χ2n) is 5.43. The number of nitrogens with zero attached hydrogens (tertiary/aromatic N) is 2. The lowest BCUT2D eigenvalue weighted by Crippen LogP contribution is -2.16. The van der Waals surface area contributed by atoms with Crippen LogP contribution < -0.4 is 10.6 Å². The number of ketones is 1. The van der Waals surface area contributed by atoms with E-state index >= 15 is 0 Å². The van der Waals surface area contributed by atoms with Crippen molar-refractivity contribution in [2.24, 2.45) is 0 Å². The number of rotatable bonds is 6. The van der Waals surface area contributed by atoms with E-state index in [9.17, 15) is 4.79 Å². The van der Waals surface area contributed by atoms with Crippen LogP contribution in [0.3, 0.4) is 0 Å². The molecule has 5 nitrogen and oxygen atoms in total. The van der Waals surface area contributed by atoms with Gasteiger partial charge in [-0.25, -0.2) is 4.98 Å². The molecule has 2 rings (SSSR count). The summed E-state index contributed by atoms with van der Waals surface area (Å²) in [6, 6.07) is 9.57. The molecule has 1 unspecified atom stereocenters. The zero-order chi connectivity index (χ0) is 16.1. The Labute approximate surface area is 131 Å². The van der Waals surface area contributed by atoms with E-state index in [1.165, 1.54) is 0 Å². The van der Waals surface area contributed by atoms with Crippen LogP contribution in [0.4, 0.5) is 17.5 Å². The molecule has 0 amide bonds. The Kier molecular flexibility index (Phi) is 5.09. The lowest BCUT2D eigenvalue weighted by molar-refractivity contribution is 0.101. The molecule has 0 fully saturated rings. The van der Waals surface area contributed by atoms with Gasteiger partial charge in [0.25, 0.3) is 0 Å². The molecule has 0 radical (unpaired) electrons. The smallest absolute Gasteiger partial charge is 0.225 e. The minimum atomic E-state index is 0.0432. The summed E-state index contributed by atoms with van der Waals surface area (Å²) >= 11 is 0. The summed E-state index contributed by atoms with van der Waals surface area (Å²) in [7, 11) is 0. The molecule has 0 aliphatic rings. The number of carbonyl (C=O) groups is 1. The normalized spacial score (nSPS) is 11.8. The number of aryl methyl sites for hydroxylation is 1. The van der Waals surface area contributed by atoms with Gasteiger partial charge >= 0.3 is 0 Å². The summed E-state index contributed by atoms with van der Waals surface area (Å²) in [6.07, 6.45) is 1.00. The van der Waals surface area contributed by atoms with E-state index in [4.69, 9.17) is 0 Å². The van der Waals surface area contributed by atoms with Crippen LogP contribution in [0.25, 0.3) is 0 Å². The maximum Gasteiger partial charge on any atom is 0.225 e. The summed E-state index contributed by atoms with van der Waals surface area (Å²) in [5.41, 5.74) is 2.39. The van der Waals surface area contributed by atoms with Gasteiger partial charge in [-0.1, -0.05) is 19.1 Å². The molecule has 0 aliphatic heterocycles. The monoisotopic (exact) mass is 298 g/mol. The third-order valence-corrected chi connectivity index (χ3v) is 3.38. The van der Waals surface area contributed by atoms with Crippen LogP contribution in [0, 0.1) is 6.92 Å². The SMILES string of the molecule is CCC(C)Nc1nc(C)cc(Nc2cccc(C(C)=O)c2)n1. The molecule has 0 saturated heterocycles. The van der Waals surface area contributed by atoms with Crippen LogP contribution in [0.5, 0.6) is 0 Å². The third-order valence-electron chi connectivity index (χ3n) is 3.38. The molecule has 2 aromatic rings. The topological polar surface area (TPSA) is 66.9 Å². The largest absolute Gasteiger partial charge is 0.352 e. The van der Waals surface area contributed by atoms with Crippen LogP contribution >= 0.6 is 0 Å². The van der Waals surface area contributed by atoms with Gasteiger partial charge in [-0.05, 0) is 39.3 Å². The van der Waals surface area contributed by atoms with Gasteiger partial charge in [-0.3, -0.25) is 4.79 Å². The van der Waals surface area contributed by atoms with E-state index in [1.54, 1.807) is 13.0 Å². The van der Waals surface area contributed by atoms with Crippen LogP contribution in [-0.2, 0) is 0 Å². The van der Waals surface area contributed by atoms with Crippen molar-refractivity contribution in [1.82, 2.24) is 9.97 Å². The highest BCUT2D eigenvalue weighted by Gasteiger charge is 2.06. The number of nitrogens with one attached hydrogen (secondary N) is 2. The van der Waals surface area contributed by atoms with Gasteiger partial charge in [0.15, 0.2) is 5.78 Å². The molecule has 1 aromatic heterocycles. The average Bonchev–Trinajstić information content (AvgIpc) is 2.46. The lowest BCUT2D eigenvalue weighted by Gasteiger charge is -2.13. The summed E-state index contributed by atoms with van der Waals surface area (Å²) in [5.74, 6) is 1.36. The van der Waals surface area contributed by atoms with E-state index in [1.807, 2.05) is 31.2 Å². The Bertz CT molecular complexity index is 669. The average molecular weight is 298 g/mol. The molecule has 1 atom stereocenters. The van der Waals surface area contributed by atoms with Gasteiger partial charge in [0.2, 0.25) is 5.95 Å². The highest BCUT2D eigenvalue weighted by molar-refractivity contribution is 5.95. The Morgan fingerprint density at radius 3 is 2.73 bits per heavy atom. The predicted octanol–water partition coefficient (Wildman–Crippen LogP) is 3.94. The molecule has 116 valence electrons. The quantitative estimate of drug-likeness (QED) is 0.791. The highest BCUT2D eigenvalue weighted by Crippen LogP contribution is 2.18. The van der Waals surface area contributed by atoms with Crippen molar-refractivity contribution in [3.05, 3.63) is 41.6 Å². The number of Topliss-reactive ketones (excluding diaryl/α,β-unsaturated/α-hetero) is 1. The Morgan fingerprint density at radius 1 is 1.27 bits per heavy atom. The zero-order valence-corrected chi connectivity index (χ0v) is 13.5. The number of anilines is 3. The summed E-state index contributed by atoms with van der Waals surface area (Å²) < 4.78 is 0. The second-order valence-corrected chi connectivity index (χ2v) is 5.43. The molecule has 0 spiro atoms. The number of hydrogen-bond acceptors (Lipinski definition) is 5. The van der Waals surface area contributed by atoms with Crippen molar-refractivity contribution in [3.63, 3.8) is 0 Å². The Hall–Kier alpha value is -2.43. The molecule has 0 bridgehead atoms. The molecule has 1 heterocycles. The second kappa shape index (κ2) is 7.02. The summed E-state index contributed by atoms with van der Waals surface area (Å²) in [4.78, 5) is 20.3. The number of aromatic nitrogens is 2. The fraction of sp³-hybridized carbons (Fsp3) is 0.353. The summed E-state index contributed by atoms with van der Waals surface area (Å²) in [5, 5.41) is 6.50. The maximum absolute atomic E-state index is 11.4. The van der Waals surface area contributed by atoms with E-state index < -0.39 is 0 Å². The van der Waals surface area contributed by atoms with E-state index in [0.29, 0.717) is 23.4 Å². The molecule has 5 heteroatoms. The standard InChI is InChI=1S/C17H22N4O/c1-5-11(2)18-17-19-12(3)9-16(21-17)20-15-8-6-7-14(10-15)13(4)22/h6-11H,5H2,1-4H3,(H2,18,19,20,21). The zero-order valence-electron chi connectivity index (χ0n) is 13.5. The fourth-order valence-corrected chi connectivity index (χ4v) is 1.98. The minimum absolute atomic E-state index is 0.0432. The van der Waals surface area contributed by atoms with Crippen molar-refractivity contribution in [2.75, 3.05) is 10.6 Å². The first-order valence-corrected chi connectivity index (χ1v) is 7.48. The first-order valence-electron chi connectivity index (χ1n) is 7.48. The van der Waals surface area contributed by atoms with Crippen molar-refractivity contribution in [3.8, 4) is 0 Å². The number of hydrogen-bond donors (Lipinski definition) is 2. The summed E-state index contributed by atoms with van der Waals surface area (Å²) in [6.45, 7) is 7.69. The van der Waals surface area contributed by atoms with E-state index in [2.05, 4.69) is 34.4 Å². The first kappa shape index (κ1) is 15.9. The van der Waals surface area contributed by atoms with Crippen molar-refractivity contribution in [1.29, 1.82) is 0 Å². The molecule has 1 aromatic carbocycles. The van der Waals surface area contributed by atoms with E-state index in [0.717, 1.165) is 17.8 Å². The van der Waals surface area contributed by atoms with Crippen LogP contribution in [0.15, 0.2) is 30.3 Å². The number of benzene rings is 1. The van der Waals surface area contributed by atoms with Crippen molar-refractivity contribution in [2.45, 2.75) is 40.2 Å². The molecular weight excluding hydrogens is 276 g/mol. The van der Waals surface area contributed by atoms with Crippen molar-refractivity contribution < 1.29 is 4.79 Å². The molecule has 22 heavy (non-hydrogen) atoms. The van der Waals surface area contributed by atoms with Gasteiger partial charge in [-0.2, -0.15) is 4.98 Å². The van der Waals surface area contributed by atoms with Crippen LogP contribution in [-0.4, -0.2) is 21.8 Å². The van der Waals surface area contributed by atoms with Gasteiger partial charge < -0.3 is 10.6 Å². The fourth-order valence-electron chi connectivity index (χ4n) is 1.98. The molecule has 0 aliphatic carbocycles. The van der Waals surface area contributed by atoms with Gasteiger partial charge in [0, 0.05) is 29.1 Å². The van der Waals surface area contributed by atoms with E-state index in [-0.39, 0.29) is 5.78 Å². The number of carbonyl (C=O) groups excluding carboxylic acids is 1. The van der Waals surface area contributed by atoms with Gasteiger partial charge in [0.1, 0.15) is 5.82 Å². The minimum Gasteiger partial charge on any atom is -0.352 e. The Morgan fingerprint density at radius 2 is 2.05 bits per heavy atom. The van der Waals surface area contributed by atoms with Gasteiger partial charge in [0.05, 0.1) is 0 Å². The highest BCUT2D eigenvalue weighted by atomic mass is 16.1. The Balaban J connectivity index is 2.22. The van der Waals surface area contributed by atoms with Crippen LogP contribution in [0.1, 0.15) is 43.2 Å².